The first kappa shape index (κ1) is 11.6. The lowest BCUT2D eigenvalue weighted by atomic mass is 10.1. The van der Waals surface area contributed by atoms with Crippen LogP contribution in [0.4, 0.5) is 0 Å². The molecule has 0 saturated carbocycles. The minimum atomic E-state index is -4.02. The molecule has 0 saturated heterocycles. The molecule has 0 aliphatic heterocycles. The normalized spacial score (nSPS) is 13.9. The maximum atomic E-state index is 10.6. The predicted octanol–water partition coefficient (Wildman–Crippen LogP) is 1.34. The fourth-order valence-corrected chi connectivity index (χ4v) is 2.12. The molecular formula is C8H10BrNO3S. The van der Waals surface area contributed by atoms with E-state index in [0.29, 0.717) is 5.56 Å². The van der Waals surface area contributed by atoms with Gasteiger partial charge in [-0.15, -0.1) is 0 Å². The maximum absolute atomic E-state index is 10.6. The molecule has 0 aliphatic carbocycles. The van der Waals surface area contributed by atoms with Gasteiger partial charge < -0.3 is 5.73 Å². The molecule has 6 heteroatoms. The van der Waals surface area contributed by atoms with E-state index in [1.807, 2.05) is 6.07 Å². The largest absolute Gasteiger partial charge is 0.323 e. The van der Waals surface area contributed by atoms with Gasteiger partial charge in [0, 0.05) is 10.5 Å². The smallest absolute Gasteiger partial charge is 0.266 e. The van der Waals surface area contributed by atoms with Crippen LogP contribution in [0.3, 0.4) is 0 Å². The van der Waals surface area contributed by atoms with Gasteiger partial charge in [-0.2, -0.15) is 8.42 Å². The van der Waals surface area contributed by atoms with Crippen LogP contribution in [0.25, 0.3) is 0 Å². The molecule has 0 radical (unpaired) electrons. The Morgan fingerprint density at radius 3 is 2.64 bits per heavy atom. The summed E-state index contributed by atoms with van der Waals surface area (Å²) >= 11 is 3.24. The Morgan fingerprint density at radius 2 is 2.14 bits per heavy atom. The van der Waals surface area contributed by atoms with E-state index in [1.165, 1.54) is 0 Å². The van der Waals surface area contributed by atoms with E-state index in [0.717, 1.165) is 4.47 Å². The average Bonchev–Trinajstić information content (AvgIpc) is 2.01. The van der Waals surface area contributed by atoms with Crippen molar-refractivity contribution in [3.05, 3.63) is 34.3 Å². The van der Waals surface area contributed by atoms with Crippen LogP contribution < -0.4 is 5.73 Å². The van der Waals surface area contributed by atoms with Crippen molar-refractivity contribution in [3.8, 4) is 0 Å². The number of rotatable bonds is 3. The van der Waals surface area contributed by atoms with Gasteiger partial charge in [0.1, 0.15) is 0 Å². The minimum absolute atomic E-state index is 0.469. The predicted molar refractivity (Wildman–Crippen MR) is 57.5 cm³/mol. The highest BCUT2D eigenvalue weighted by Crippen LogP contribution is 2.17. The zero-order valence-electron chi connectivity index (χ0n) is 7.22. The highest BCUT2D eigenvalue weighted by Gasteiger charge is 2.14. The Morgan fingerprint density at radius 1 is 1.50 bits per heavy atom. The van der Waals surface area contributed by atoms with Crippen LogP contribution in [0.15, 0.2) is 28.7 Å². The molecule has 0 aromatic heterocycles. The summed E-state index contributed by atoms with van der Waals surface area (Å²) in [5.74, 6) is -0.469. The van der Waals surface area contributed by atoms with Crippen molar-refractivity contribution in [1.82, 2.24) is 0 Å². The van der Waals surface area contributed by atoms with Gasteiger partial charge in [0.25, 0.3) is 10.1 Å². The second-order valence-corrected chi connectivity index (χ2v) is 5.32. The van der Waals surface area contributed by atoms with Crippen LogP contribution in [0.1, 0.15) is 11.6 Å². The number of hydrogen-bond acceptors (Lipinski definition) is 3. The Kier molecular flexibility index (Phi) is 3.65. The quantitative estimate of drug-likeness (QED) is 0.819. The number of nitrogens with two attached hydrogens (primary N) is 1. The van der Waals surface area contributed by atoms with Crippen LogP contribution >= 0.6 is 15.9 Å². The fraction of sp³-hybridized carbons (Fsp3) is 0.250. The summed E-state index contributed by atoms with van der Waals surface area (Å²) in [5, 5.41) is 0. The highest BCUT2D eigenvalue weighted by atomic mass is 79.9. The van der Waals surface area contributed by atoms with Gasteiger partial charge in [-0.05, 0) is 17.7 Å². The van der Waals surface area contributed by atoms with Gasteiger partial charge in [-0.1, -0.05) is 28.1 Å². The van der Waals surface area contributed by atoms with Crippen LogP contribution in [0.2, 0.25) is 0 Å². The SMILES string of the molecule is NC(CS(=O)(=O)O)c1cccc(Br)c1. The molecule has 1 rings (SSSR count). The van der Waals surface area contributed by atoms with E-state index in [1.54, 1.807) is 18.2 Å². The van der Waals surface area contributed by atoms with E-state index in [4.69, 9.17) is 10.3 Å². The Balaban J connectivity index is 2.85. The van der Waals surface area contributed by atoms with Crippen LogP contribution in [0.5, 0.6) is 0 Å². The summed E-state index contributed by atoms with van der Waals surface area (Å²) in [4.78, 5) is 0. The molecule has 0 amide bonds. The monoisotopic (exact) mass is 279 g/mol. The van der Waals surface area contributed by atoms with Crippen molar-refractivity contribution in [2.24, 2.45) is 5.73 Å². The first-order valence-electron chi connectivity index (χ1n) is 3.85. The zero-order chi connectivity index (χ0) is 10.8. The molecule has 1 aromatic rings. The summed E-state index contributed by atoms with van der Waals surface area (Å²) in [6.45, 7) is 0. The first-order chi connectivity index (χ1) is 6.38. The van der Waals surface area contributed by atoms with Crippen molar-refractivity contribution in [3.63, 3.8) is 0 Å². The molecule has 0 fully saturated rings. The fourth-order valence-electron chi connectivity index (χ4n) is 1.06. The zero-order valence-corrected chi connectivity index (χ0v) is 9.62. The minimum Gasteiger partial charge on any atom is -0.323 e. The van der Waals surface area contributed by atoms with Crippen molar-refractivity contribution in [2.45, 2.75) is 6.04 Å². The van der Waals surface area contributed by atoms with Crippen LogP contribution in [0, 0.1) is 0 Å². The molecule has 78 valence electrons. The molecular weight excluding hydrogens is 270 g/mol. The molecule has 3 N–H and O–H groups in total. The topological polar surface area (TPSA) is 80.4 Å². The van der Waals surface area contributed by atoms with Crippen LogP contribution in [-0.4, -0.2) is 18.7 Å². The molecule has 0 heterocycles. The molecule has 1 unspecified atom stereocenters. The van der Waals surface area contributed by atoms with E-state index in [9.17, 15) is 8.42 Å². The Labute approximate surface area is 91.0 Å². The van der Waals surface area contributed by atoms with Gasteiger partial charge in [0.2, 0.25) is 0 Å². The third-order valence-corrected chi connectivity index (χ3v) is 2.94. The van der Waals surface area contributed by atoms with Crippen molar-refractivity contribution in [2.75, 3.05) is 5.75 Å². The second-order valence-electron chi connectivity index (χ2n) is 2.91. The Bertz CT molecular complexity index is 418. The number of halogens is 1. The number of hydrogen-bond donors (Lipinski definition) is 2. The standard InChI is InChI=1S/C8H10BrNO3S/c9-7-3-1-2-6(4-7)8(10)5-14(11,12)13/h1-4,8H,5,10H2,(H,11,12,13). The second kappa shape index (κ2) is 4.39. The summed E-state index contributed by atoms with van der Waals surface area (Å²) in [7, 11) is -4.02. The summed E-state index contributed by atoms with van der Waals surface area (Å²) < 4.78 is 30.5. The molecule has 0 spiro atoms. The first-order valence-corrected chi connectivity index (χ1v) is 6.25. The van der Waals surface area contributed by atoms with Crippen LogP contribution in [-0.2, 0) is 10.1 Å². The van der Waals surface area contributed by atoms with E-state index in [-0.39, 0.29) is 0 Å². The average molecular weight is 280 g/mol. The lowest BCUT2D eigenvalue weighted by Crippen LogP contribution is -2.21. The maximum Gasteiger partial charge on any atom is 0.266 e. The lowest BCUT2D eigenvalue weighted by molar-refractivity contribution is 0.478. The molecule has 4 nitrogen and oxygen atoms in total. The Hall–Kier alpha value is -0.430. The van der Waals surface area contributed by atoms with E-state index >= 15 is 0 Å². The third-order valence-electron chi connectivity index (χ3n) is 1.67. The molecule has 0 bridgehead atoms. The highest BCUT2D eigenvalue weighted by molar-refractivity contribution is 9.10. The van der Waals surface area contributed by atoms with Gasteiger partial charge in [0.05, 0.1) is 5.75 Å². The van der Waals surface area contributed by atoms with Gasteiger partial charge in [-0.3, -0.25) is 4.55 Å². The third kappa shape index (κ3) is 3.75. The summed E-state index contributed by atoms with van der Waals surface area (Å²) in [5.41, 5.74) is 6.25. The number of benzene rings is 1. The lowest BCUT2D eigenvalue weighted by Gasteiger charge is -2.09. The van der Waals surface area contributed by atoms with Gasteiger partial charge in [-0.25, -0.2) is 0 Å². The molecule has 14 heavy (non-hydrogen) atoms. The summed E-state index contributed by atoms with van der Waals surface area (Å²) in [6, 6.07) is 6.28. The summed E-state index contributed by atoms with van der Waals surface area (Å²) in [6.07, 6.45) is 0. The van der Waals surface area contributed by atoms with E-state index < -0.39 is 21.9 Å². The van der Waals surface area contributed by atoms with Gasteiger partial charge >= 0.3 is 0 Å². The molecule has 1 atom stereocenters. The molecule has 1 aromatic carbocycles. The van der Waals surface area contributed by atoms with Crippen molar-refractivity contribution in [1.29, 1.82) is 0 Å². The molecule has 0 aliphatic rings. The van der Waals surface area contributed by atoms with Crippen molar-refractivity contribution >= 4 is 26.0 Å². The van der Waals surface area contributed by atoms with E-state index in [2.05, 4.69) is 15.9 Å². The van der Waals surface area contributed by atoms with Crippen molar-refractivity contribution < 1.29 is 13.0 Å². The van der Waals surface area contributed by atoms with Gasteiger partial charge in [0.15, 0.2) is 0 Å².